The van der Waals surface area contributed by atoms with Gasteiger partial charge in [0.2, 0.25) is 0 Å². The van der Waals surface area contributed by atoms with E-state index in [1.807, 2.05) is 44.2 Å². The lowest BCUT2D eigenvalue weighted by atomic mass is 9.94. The number of nitrogens with zero attached hydrogens (tertiary/aromatic N) is 1. The summed E-state index contributed by atoms with van der Waals surface area (Å²) in [6, 6.07) is 11.9. The van der Waals surface area contributed by atoms with Crippen molar-refractivity contribution in [2.24, 2.45) is 11.8 Å². The summed E-state index contributed by atoms with van der Waals surface area (Å²) in [5, 5.41) is 10.2. The van der Waals surface area contributed by atoms with Crippen LogP contribution in [0.15, 0.2) is 30.3 Å². The van der Waals surface area contributed by atoms with E-state index < -0.39 is 5.92 Å². The summed E-state index contributed by atoms with van der Waals surface area (Å²) >= 11 is 1.48. The Morgan fingerprint density at radius 3 is 2.72 bits per heavy atom. The molecule has 1 unspecified atom stereocenters. The molecule has 2 aromatic rings. The van der Waals surface area contributed by atoms with E-state index >= 15 is 0 Å². The fraction of sp³-hybridized carbons (Fsp3) is 0.333. The van der Waals surface area contributed by atoms with Gasteiger partial charge in [-0.15, -0.1) is 11.3 Å². The maximum atomic E-state index is 12.3. The summed E-state index contributed by atoms with van der Waals surface area (Å²) in [5.41, 5.74) is 0. The molecule has 0 aliphatic heterocycles. The quantitative estimate of drug-likeness (QED) is 0.767. The molecule has 2 nitrogen and oxygen atoms in total. The lowest BCUT2D eigenvalue weighted by Gasteiger charge is -2.08. The topological polar surface area (TPSA) is 40.9 Å². The monoisotopic (exact) mass is 257 g/mol. The Kier molecular flexibility index (Phi) is 3.78. The van der Waals surface area contributed by atoms with Crippen molar-refractivity contribution in [3.63, 3.8) is 0 Å². The minimum Gasteiger partial charge on any atom is -0.292 e. The predicted octanol–water partition coefficient (Wildman–Crippen LogP) is 4.27. The number of carbonyl (C=O) groups excluding carboxylic acids is 1. The van der Waals surface area contributed by atoms with Crippen LogP contribution >= 0.6 is 11.3 Å². The van der Waals surface area contributed by atoms with Gasteiger partial charge in [-0.1, -0.05) is 32.0 Å². The van der Waals surface area contributed by atoms with Gasteiger partial charge in [-0.2, -0.15) is 5.26 Å². The zero-order valence-electron chi connectivity index (χ0n) is 10.5. The van der Waals surface area contributed by atoms with E-state index in [1.165, 1.54) is 11.3 Å². The summed E-state index contributed by atoms with van der Waals surface area (Å²) in [4.78, 5) is 13.0. The van der Waals surface area contributed by atoms with Crippen molar-refractivity contribution in [1.29, 1.82) is 5.26 Å². The van der Waals surface area contributed by atoms with Crippen LogP contribution in [0, 0.1) is 23.2 Å². The van der Waals surface area contributed by atoms with Crippen molar-refractivity contribution in [1.82, 2.24) is 0 Å². The molecule has 1 aromatic carbocycles. The number of Topliss-reactive ketones (excluding diaryl/α,β-unsaturated/α-hetero) is 1. The molecule has 0 amide bonds. The highest BCUT2D eigenvalue weighted by atomic mass is 32.1. The number of fused-ring (bicyclic) bond motifs is 1. The predicted molar refractivity (Wildman–Crippen MR) is 74.7 cm³/mol. The number of rotatable bonds is 4. The summed E-state index contributed by atoms with van der Waals surface area (Å²) < 4.78 is 1.10. The van der Waals surface area contributed by atoms with Crippen LogP contribution in [0.2, 0.25) is 0 Å². The van der Waals surface area contributed by atoms with Gasteiger partial charge in [0.25, 0.3) is 0 Å². The summed E-state index contributed by atoms with van der Waals surface area (Å²) in [7, 11) is 0. The van der Waals surface area contributed by atoms with Crippen molar-refractivity contribution >= 4 is 27.2 Å². The first kappa shape index (κ1) is 12.8. The van der Waals surface area contributed by atoms with Gasteiger partial charge in [-0.25, -0.2) is 0 Å². The molecule has 1 atom stereocenters. The highest BCUT2D eigenvalue weighted by Gasteiger charge is 2.22. The first-order valence-corrected chi connectivity index (χ1v) is 6.86. The van der Waals surface area contributed by atoms with Crippen LogP contribution in [0.1, 0.15) is 29.9 Å². The van der Waals surface area contributed by atoms with E-state index in [0.29, 0.717) is 17.2 Å². The number of thiophene rings is 1. The molecule has 0 aliphatic rings. The van der Waals surface area contributed by atoms with Gasteiger partial charge in [0.1, 0.15) is 5.92 Å². The Morgan fingerprint density at radius 1 is 1.39 bits per heavy atom. The number of ketones is 1. The SMILES string of the molecule is CC(C)CC(C#N)C(=O)c1cc2ccccc2s1. The Morgan fingerprint density at radius 2 is 2.11 bits per heavy atom. The molecular formula is C15H15NOS. The van der Waals surface area contributed by atoms with E-state index in [9.17, 15) is 4.79 Å². The van der Waals surface area contributed by atoms with Gasteiger partial charge in [0, 0.05) is 4.70 Å². The van der Waals surface area contributed by atoms with Crippen LogP contribution in [-0.2, 0) is 0 Å². The van der Waals surface area contributed by atoms with E-state index in [2.05, 4.69) is 6.07 Å². The standard InChI is InChI=1S/C15H15NOS/c1-10(2)7-12(9-16)15(17)14-8-11-5-3-4-6-13(11)18-14/h3-6,8,10,12H,7H2,1-2H3. The fourth-order valence-corrected chi connectivity index (χ4v) is 3.02. The average Bonchev–Trinajstić information content (AvgIpc) is 2.78. The second-order valence-electron chi connectivity index (χ2n) is 4.82. The summed E-state index contributed by atoms with van der Waals surface area (Å²) in [5.74, 6) is -0.196. The van der Waals surface area contributed by atoms with Crippen LogP contribution in [0.4, 0.5) is 0 Å². The second-order valence-corrected chi connectivity index (χ2v) is 5.91. The minimum atomic E-state index is -0.516. The summed E-state index contributed by atoms with van der Waals surface area (Å²) in [6.45, 7) is 4.06. The third-order valence-electron chi connectivity index (χ3n) is 2.85. The maximum absolute atomic E-state index is 12.3. The van der Waals surface area contributed by atoms with Gasteiger partial charge in [-0.3, -0.25) is 4.79 Å². The Bertz CT molecular complexity index is 573. The molecule has 1 aromatic heterocycles. The lowest BCUT2D eigenvalue weighted by molar-refractivity contribution is 0.0941. The Labute approximate surface area is 111 Å². The van der Waals surface area contributed by atoms with Crippen LogP contribution in [0.3, 0.4) is 0 Å². The van der Waals surface area contributed by atoms with E-state index in [0.717, 1.165) is 10.1 Å². The van der Waals surface area contributed by atoms with Crippen LogP contribution < -0.4 is 0 Å². The third kappa shape index (κ3) is 2.60. The maximum Gasteiger partial charge on any atom is 0.189 e. The highest BCUT2D eigenvalue weighted by molar-refractivity contribution is 7.20. The van der Waals surface area contributed by atoms with Gasteiger partial charge >= 0.3 is 0 Å². The molecule has 0 radical (unpaired) electrons. The van der Waals surface area contributed by atoms with Gasteiger partial charge in [-0.05, 0) is 29.9 Å². The molecule has 0 fully saturated rings. The van der Waals surface area contributed by atoms with Crippen molar-refractivity contribution in [3.05, 3.63) is 35.2 Å². The Balaban J connectivity index is 2.30. The molecule has 0 N–H and O–H groups in total. The zero-order valence-corrected chi connectivity index (χ0v) is 11.3. The molecule has 0 saturated heterocycles. The third-order valence-corrected chi connectivity index (χ3v) is 3.98. The highest BCUT2D eigenvalue weighted by Crippen LogP contribution is 2.28. The molecule has 0 aliphatic carbocycles. The zero-order chi connectivity index (χ0) is 13.1. The van der Waals surface area contributed by atoms with Crippen molar-refractivity contribution in [2.45, 2.75) is 20.3 Å². The molecule has 0 bridgehead atoms. The van der Waals surface area contributed by atoms with E-state index in [-0.39, 0.29) is 5.78 Å². The van der Waals surface area contributed by atoms with Crippen molar-refractivity contribution in [3.8, 4) is 6.07 Å². The molecule has 2 rings (SSSR count). The number of benzene rings is 1. The van der Waals surface area contributed by atoms with Crippen LogP contribution in [-0.4, -0.2) is 5.78 Å². The van der Waals surface area contributed by atoms with Gasteiger partial charge in [0.05, 0.1) is 10.9 Å². The van der Waals surface area contributed by atoms with E-state index in [4.69, 9.17) is 5.26 Å². The van der Waals surface area contributed by atoms with Crippen molar-refractivity contribution < 1.29 is 4.79 Å². The molecular weight excluding hydrogens is 242 g/mol. The van der Waals surface area contributed by atoms with E-state index in [1.54, 1.807) is 0 Å². The minimum absolute atomic E-state index is 0.0348. The molecule has 92 valence electrons. The molecule has 1 heterocycles. The van der Waals surface area contributed by atoms with Crippen LogP contribution in [0.5, 0.6) is 0 Å². The van der Waals surface area contributed by atoms with Crippen LogP contribution in [0.25, 0.3) is 10.1 Å². The van der Waals surface area contributed by atoms with Gasteiger partial charge in [0.15, 0.2) is 5.78 Å². The normalized spacial score (nSPS) is 12.6. The first-order chi connectivity index (χ1) is 8.61. The molecule has 18 heavy (non-hydrogen) atoms. The Hall–Kier alpha value is -1.66. The molecule has 3 heteroatoms. The smallest absolute Gasteiger partial charge is 0.189 e. The second kappa shape index (κ2) is 5.32. The lowest BCUT2D eigenvalue weighted by Crippen LogP contribution is -2.14. The number of nitriles is 1. The molecule has 0 saturated carbocycles. The first-order valence-electron chi connectivity index (χ1n) is 6.04. The average molecular weight is 257 g/mol. The largest absolute Gasteiger partial charge is 0.292 e. The van der Waals surface area contributed by atoms with Crippen molar-refractivity contribution in [2.75, 3.05) is 0 Å². The number of carbonyl (C=O) groups is 1. The number of hydrogen-bond donors (Lipinski definition) is 0. The molecule has 0 spiro atoms. The fourth-order valence-electron chi connectivity index (χ4n) is 1.96. The number of hydrogen-bond acceptors (Lipinski definition) is 3. The summed E-state index contributed by atoms with van der Waals surface area (Å²) in [6.07, 6.45) is 0.629. The van der Waals surface area contributed by atoms with Gasteiger partial charge < -0.3 is 0 Å².